The maximum atomic E-state index is 13.2. The average Bonchev–Trinajstić information content (AvgIpc) is 3.15. The van der Waals surface area contributed by atoms with Gasteiger partial charge < -0.3 is 4.52 Å². The third-order valence-electron chi connectivity index (χ3n) is 4.36. The predicted molar refractivity (Wildman–Crippen MR) is 104 cm³/mol. The zero-order valence-corrected chi connectivity index (χ0v) is 16.9. The van der Waals surface area contributed by atoms with Gasteiger partial charge in [-0.05, 0) is 61.9 Å². The van der Waals surface area contributed by atoms with Crippen LogP contribution in [0.4, 0.5) is 4.39 Å². The lowest BCUT2D eigenvalue weighted by Gasteiger charge is -2.26. The molecule has 9 heteroatoms. The first-order valence-electron chi connectivity index (χ1n) is 8.67. The van der Waals surface area contributed by atoms with Gasteiger partial charge >= 0.3 is 0 Å². The van der Waals surface area contributed by atoms with Crippen molar-refractivity contribution in [3.8, 4) is 11.4 Å². The first kappa shape index (κ1) is 20.4. The molecular weight excluding hydrogens is 405 g/mol. The van der Waals surface area contributed by atoms with Crippen LogP contribution in [0.5, 0.6) is 0 Å². The van der Waals surface area contributed by atoms with Crippen molar-refractivity contribution in [2.75, 3.05) is 0 Å². The summed E-state index contributed by atoms with van der Waals surface area (Å²) < 4.78 is 45.9. The fraction of sp³-hybridized carbons (Fsp3) is 0.263. The summed E-state index contributed by atoms with van der Waals surface area (Å²) in [7, 11) is -3.87. The van der Waals surface area contributed by atoms with Crippen LogP contribution in [0.25, 0.3) is 11.4 Å². The van der Waals surface area contributed by atoms with Crippen LogP contribution in [0, 0.1) is 5.82 Å². The number of benzene rings is 2. The topological polar surface area (TPSA) is 76.3 Å². The van der Waals surface area contributed by atoms with Gasteiger partial charge in [-0.3, -0.25) is 0 Å². The van der Waals surface area contributed by atoms with E-state index in [0.29, 0.717) is 22.8 Å². The number of hydrogen-bond acceptors (Lipinski definition) is 5. The quantitative estimate of drug-likeness (QED) is 0.558. The molecule has 1 heterocycles. The van der Waals surface area contributed by atoms with Crippen LogP contribution in [0.15, 0.2) is 57.9 Å². The molecule has 0 aliphatic carbocycles. The Morgan fingerprint density at radius 2 is 1.79 bits per heavy atom. The van der Waals surface area contributed by atoms with Crippen molar-refractivity contribution in [3.05, 3.63) is 65.3 Å². The maximum absolute atomic E-state index is 13.2. The third kappa shape index (κ3) is 4.40. The summed E-state index contributed by atoms with van der Waals surface area (Å²) in [6.07, 6.45) is 0.582. The minimum absolute atomic E-state index is 0.00615. The average molecular weight is 424 g/mol. The molecule has 2 aromatic carbocycles. The van der Waals surface area contributed by atoms with E-state index in [1.807, 2.05) is 6.92 Å². The van der Waals surface area contributed by atoms with Crippen molar-refractivity contribution in [1.82, 2.24) is 14.4 Å². The number of halogens is 2. The van der Waals surface area contributed by atoms with E-state index in [1.54, 1.807) is 31.2 Å². The predicted octanol–water partition coefficient (Wildman–Crippen LogP) is 4.52. The monoisotopic (exact) mass is 423 g/mol. The van der Waals surface area contributed by atoms with Gasteiger partial charge in [-0.15, -0.1) is 0 Å². The van der Waals surface area contributed by atoms with Gasteiger partial charge in [-0.25, -0.2) is 12.8 Å². The Morgan fingerprint density at radius 3 is 2.39 bits per heavy atom. The van der Waals surface area contributed by atoms with Gasteiger partial charge in [0.25, 0.3) is 0 Å². The molecule has 1 aromatic heterocycles. The molecular formula is C19H19ClFN3O3S. The first-order valence-corrected chi connectivity index (χ1v) is 10.5. The number of aromatic nitrogens is 2. The van der Waals surface area contributed by atoms with Crippen molar-refractivity contribution >= 4 is 21.6 Å². The Balaban J connectivity index is 1.89. The molecule has 3 aromatic rings. The fourth-order valence-corrected chi connectivity index (χ4v) is 4.37. The summed E-state index contributed by atoms with van der Waals surface area (Å²) in [5.41, 5.74) is 0.705. The van der Waals surface area contributed by atoms with Gasteiger partial charge in [0.15, 0.2) is 0 Å². The summed E-state index contributed by atoms with van der Waals surface area (Å²) in [5.74, 6) is 0.00410. The lowest BCUT2D eigenvalue weighted by Crippen LogP contribution is -2.37. The van der Waals surface area contributed by atoms with E-state index in [2.05, 4.69) is 10.1 Å². The van der Waals surface area contributed by atoms with Crippen LogP contribution in [0.2, 0.25) is 5.02 Å². The number of sulfonamides is 1. The van der Waals surface area contributed by atoms with Crippen LogP contribution < -0.4 is 0 Å². The standard InChI is InChI=1S/C19H19ClFN3O3S/c1-3-13(2)24(28(25,26)17-10-8-16(21)9-11-17)12-18-22-19(23-27-18)14-4-6-15(20)7-5-14/h4-11,13H,3,12H2,1-2H3/t13-/m1/s1. The zero-order valence-electron chi connectivity index (χ0n) is 15.3. The molecule has 0 saturated carbocycles. The van der Waals surface area contributed by atoms with Crippen LogP contribution in [0.1, 0.15) is 26.2 Å². The fourth-order valence-electron chi connectivity index (χ4n) is 2.59. The Hall–Kier alpha value is -2.29. The molecule has 0 aliphatic rings. The highest BCUT2D eigenvalue weighted by atomic mass is 35.5. The van der Waals surface area contributed by atoms with E-state index < -0.39 is 15.8 Å². The molecule has 0 saturated heterocycles. The Labute approximate surface area is 168 Å². The summed E-state index contributed by atoms with van der Waals surface area (Å²) in [5, 5.41) is 4.50. The Bertz CT molecular complexity index is 1040. The Kier molecular flexibility index (Phi) is 6.12. The lowest BCUT2D eigenvalue weighted by atomic mass is 10.2. The van der Waals surface area contributed by atoms with Crippen LogP contribution in [-0.4, -0.2) is 28.9 Å². The van der Waals surface area contributed by atoms with Crippen LogP contribution in [0.3, 0.4) is 0 Å². The van der Waals surface area contributed by atoms with E-state index in [0.717, 1.165) is 12.1 Å². The molecule has 148 valence electrons. The molecule has 0 aliphatic heterocycles. The summed E-state index contributed by atoms with van der Waals surface area (Å²) >= 11 is 5.88. The number of rotatable bonds is 7. The minimum Gasteiger partial charge on any atom is -0.338 e. The van der Waals surface area contributed by atoms with Gasteiger partial charge in [0.2, 0.25) is 21.7 Å². The van der Waals surface area contributed by atoms with Crippen molar-refractivity contribution in [3.63, 3.8) is 0 Å². The Morgan fingerprint density at radius 1 is 1.14 bits per heavy atom. The molecule has 0 bridgehead atoms. The van der Waals surface area contributed by atoms with E-state index in [4.69, 9.17) is 16.1 Å². The summed E-state index contributed by atoms with van der Waals surface area (Å²) in [6, 6.07) is 11.3. The van der Waals surface area contributed by atoms with Crippen molar-refractivity contribution in [1.29, 1.82) is 0 Å². The molecule has 0 radical (unpaired) electrons. The largest absolute Gasteiger partial charge is 0.338 e. The zero-order chi connectivity index (χ0) is 20.3. The molecule has 0 spiro atoms. The normalized spacial score (nSPS) is 13.0. The van der Waals surface area contributed by atoms with Gasteiger partial charge in [-0.1, -0.05) is 23.7 Å². The molecule has 0 amide bonds. The van der Waals surface area contributed by atoms with Crippen LogP contribution >= 0.6 is 11.6 Å². The summed E-state index contributed by atoms with van der Waals surface area (Å²) in [4.78, 5) is 4.31. The van der Waals surface area contributed by atoms with E-state index in [1.165, 1.54) is 16.4 Å². The highest BCUT2D eigenvalue weighted by molar-refractivity contribution is 7.89. The minimum atomic E-state index is -3.87. The molecule has 6 nitrogen and oxygen atoms in total. The second-order valence-electron chi connectivity index (χ2n) is 6.28. The van der Waals surface area contributed by atoms with Crippen molar-refractivity contribution < 1.29 is 17.3 Å². The smallest absolute Gasteiger partial charge is 0.243 e. The SMILES string of the molecule is CC[C@@H](C)N(Cc1nc(-c2ccc(Cl)cc2)no1)S(=O)(=O)c1ccc(F)cc1. The molecule has 28 heavy (non-hydrogen) atoms. The molecule has 3 rings (SSSR count). The van der Waals surface area contributed by atoms with Gasteiger partial charge in [0, 0.05) is 16.6 Å². The number of hydrogen-bond donors (Lipinski definition) is 0. The van der Waals surface area contributed by atoms with Crippen LogP contribution in [-0.2, 0) is 16.6 Å². The maximum Gasteiger partial charge on any atom is 0.243 e. The van der Waals surface area contributed by atoms with Crippen molar-refractivity contribution in [2.24, 2.45) is 0 Å². The second kappa shape index (κ2) is 8.38. The number of nitrogens with zero attached hydrogens (tertiary/aromatic N) is 3. The summed E-state index contributed by atoms with van der Waals surface area (Å²) in [6.45, 7) is 3.58. The van der Waals surface area contributed by atoms with Crippen molar-refractivity contribution in [2.45, 2.75) is 37.8 Å². The molecule has 0 N–H and O–H groups in total. The molecule has 0 fully saturated rings. The first-order chi connectivity index (χ1) is 13.3. The molecule has 1 atom stereocenters. The highest BCUT2D eigenvalue weighted by Crippen LogP contribution is 2.24. The highest BCUT2D eigenvalue weighted by Gasteiger charge is 2.30. The molecule has 0 unspecified atom stereocenters. The van der Waals surface area contributed by atoms with E-state index in [9.17, 15) is 12.8 Å². The van der Waals surface area contributed by atoms with E-state index in [-0.39, 0.29) is 23.4 Å². The van der Waals surface area contributed by atoms with E-state index >= 15 is 0 Å². The van der Waals surface area contributed by atoms with Gasteiger partial charge in [0.05, 0.1) is 11.4 Å². The lowest BCUT2D eigenvalue weighted by molar-refractivity contribution is 0.272. The third-order valence-corrected chi connectivity index (χ3v) is 6.59. The second-order valence-corrected chi connectivity index (χ2v) is 8.61. The van der Waals surface area contributed by atoms with Gasteiger partial charge in [0.1, 0.15) is 5.82 Å². The van der Waals surface area contributed by atoms with Gasteiger partial charge in [-0.2, -0.15) is 9.29 Å².